The maximum absolute atomic E-state index is 13.5. The van der Waals surface area contributed by atoms with Crippen LogP contribution in [0.4, 0.5) is 23.2 Å². The minimum atomic E-state index is -4.46. The van der Waals surface area contributed by atoms with E-state index in [0.29, 0.717) is 10.6 Å². The normalized spacial score (nSPS) is 11.2. The Morgan fingerprint density at radius 3 is 2.48 bits per heavy atom. The number of para-hydroxylation sites is 2. The van der Waals surface area contributed by atoms with Crippen LogP contribution in [0, 0.1) is 5.82 Å². The van der Waals surface area contributed by atoms with E-state index in [0.717, 1.165) is 0 Å². The van der Waals surface area contributed by atoms with E-state index in [-0.39, 0.29) is 23.7 Å². The van der Waals surface area contributed by atoms with Gasteiger partial charge in [0.25, 0.3) is 0 Å². The number of hydrogen-bond donors (Lipinski definition) is 1. The molecular formula is C17H15F4NO2S. The molecule has 0 saturated heterocycles. The first-order valence-electron chi connectivity index (χ1n) is 7.31. The van der Waals surface area contributed by atoms with E-state index in [1.807, 2.05) is 0 Å². The molecule has 3 nitrogen and oxygen atoms in total. The van der Waals surface area contributed by atoms with Crippen molar-refractivity contribution in [2.75, 3.05) is 17.7 Å². The molecule has 0 spiro atoms. The van der Waals surface area contributed by atoms with Crippen LogP contribution in [0.25, 0.3) is 0 Å². The number of halogens is 4. The van der Waals surface area contributed by atoms with E-state index in [4.69, 9.17) is 4.74 Å². The van der Waals surface area contributed by atoms with Gasteiger partial charge in [0, 0.05) is 17.1 Å². The van der Waals surface area contributed by atoms with Gasteiger partial charge in [0.2, 0.25) is 5.91 Å². The molecule has 2 rings (SSSR count). The quantitative estimate of drug-likeness (QED) is 0.555. The third kappa shape index (κ3) is 6.66. The predicted molar refractivity (Wildman–Crippen MR) is 88.4 cm³/mol. The second kappa shape index (κ2) is 8.75. The van der Waals surface area contributed by atoms with Gasteiger partial charge in [0.15, 0.2) is 6.61 Å². The highest BCUT2D eigenvalue weighted by molar-refractivity contribution is 7.99. The van der Waals surface area contributed by atoms with Crippen molar-refractivity contribution in [1.29, 1.82) is 0 Å². The van der Waals surface area contributed by atoms with Gasteiger partial charge >= 0.3 is 6.18 Å². The molecule has 0 radical (unpaired) electrons. The number of amides is 1. The minimum Gasteiger partial charge on any atom is -0.482 e. The van der Waals surface area contributed by atoms with E-state index < -0.39 is 18.7 Å². The second-order valence-corrected chi connectivity index (χ2v) is 6.11. The van der Waals surface area contributed by atoms with Crippen LogP contribution in [0.15, 0.2) is 53.4 Å². The summed E-state index contributed by atoms with van der Waals surface area (Å²) in [5.41, 5.74) is 0.160. The number of hydrogen-bond acceptors (Lipinski definition) is 3. The molecule has 0 aliphatic heterocycles. The molecule has 8 heteroatoms. The summed E-state index contributed by atoms with van der Waals surface area (Å²) in [5, 5.41) is 2.51. The molecule has 0 bridgehead atoms. The van der Waals surface area contributed by atoms with Gasteiger partial charge in [-0.2, -0.15) is 13.2 Å². The van der Waals surface area contributed by atoms with E-state index in [9.17, 15) is 22.4 Å². The maximum Gasteiger partial charge on any atom is 0.422 e. The van der Waals surface area contributed by atoms with Crippen molar-refractivity contribution in [2.24, 2.45) is 0 Å². The Kier molecular flexibility index (Phi) is 6.69. The van der Waals surface area contributed by atoms with Gasteiger partial charge in [-0.3, -0.25) is 4.79 Å². The molecule has 0 aromatic heterocycles. The fourth-order valence-corrected chi connectivity index (χ4v) is 2.77. The van der Waals surface area contributed by atoms with E-state index in [2.05, 4.69) is 5.32 Å². The average Bonchev–Trinajstić information content (AvgIpc) is 2.55. The number of carbonyl (C=O) groups is 1. The summed E-state index contributed by atoms with van der Waals surface area (Å²) in [6, 6.07) is 12.1. The molecule has 0 unspecified atom stereocenters. The first kappa shape index (κ1) is 19.1. The zero-order valence-electron chi connectivity index (χ0n) is 13.0. The van der Waals surface area contributed by atoms with Gasteiger partial charge in [-0.15, -0.1) is 11.8 Å². The lowest BCUT2D eigenvalue weighted by Crippen LogP contribution is -2.20. The Morgan fingerprint density at radius 2 is 1.76 bits per heavy atom. The Labute approximate surface area is 146 Å². The summed E-state index contributed by atoms with van der Waals surface area (Å²) < 4.78 is 54.9. The molecule has 2 aromatic carbocycles. The summed E-state index contributed by atoms with van der Waals surface area (Å²) >= 11 is 1.19. The van der Waals surface area contributed by atoms with E-state index >= 15 is 0 Å². The number of ether oxygens (including phenoxy) is 1. The molecule has 0 saturated carbocycles. The number of nitrogens with one attached hydrogen (secondary N) is 1. The molecule has 25 heavy (non-hydrogen) atoms. The van der Waals surface area contributed by atoms with Crippen LogP contribution < -0.4 is 10.1 Å². The average molecular weight is 373 g/mol. The Hall–Kier alpha value is -2.22. The number of benzene rings is 2. The molecule has 0 heterocycles. The van der Waals surface area contributed by atoms with Crippen LogP contribution in [0.3, 0.4) is 0 Å². The number of carbonyl (C=O) groups excluding carboxylic acids is 1. The van der Waals surface area contributed by atoms with Gasteiger partial charge in [-0.1, -0.05) is 24.3 Å². The van der Waals surface area contributed by atoms with E-state index in [1.165, 1.54) is 36.0 Å². The number of anilines is 1. The lowest BCUT2D eigenvalue weighted by Gasteiger charge is -2.13. The van der Waals surface area contributed by atoms with Crippen molar-refractivity contribution >= 4 is 23.4 Å². The van der Waals surface area contributed by atoms with Crippen LogP contribution in [0.1, 0.15) is 6.42 Å². The molecule has 0 atom stereocenters. The highest BCUT2D eigenvalue weighted by Gasteiger charge is 2.28. The monoisotopic (exact) mass is 373 g/mol. The minimum absolute atomic E-state index is 0.0602. The molecule has 134 valence electrons. The molecule has 1 amide bonds. The molecule has 0 aliphatic carbocycles. The predicted octanol–water partition coefficient (Wildman–Crippen LogP) is 4.89. The van der Waals surface area contributed by atoms with Crippen molar-refractivity contribution < 1.29 is 27.1 Å². The fraction of sp³-hybridized carbons (Fsp3) is 0.235. The third-order valence-corrected chi connectivity index (χ3v) is 4.03. The second-order valence-electron chi connectivity index (χ2n) is 4.98. The Balaban J connectivity index is 1.87. The van der Waals surface area contributed by atoms with Crippen LogP contribution in [-0.2, 0) is 4.79 Å². The van der Waals surface area contributed by atoms with Crippen LogP contribution >= 0.6 is 11.8 Å². The fourth-order valence-electron chi connectivity index (χ4n) is 1.88. The smallest absolute Gasteiger partial charge is 0.422 e. The van der Waals surface area contributed by atoms with Crippen LogP contribution in [-0.4, -0.2) is 24.4 Å². The Morgan fingerprint density at radius 1 is 1.08 bits per heavy atom. The van der Waals surface area contributed by atoms with E-state index in [1.54, 1.807) is 24.3 Å². The SMILES string of the molecule is O=C(CCSc1ccccc1F)Nc1ccccc1OCC(F)(F)F. The molecule has 0 fully saturated rings. The van der Waals surface area contributed by atoms with Crippen molar-refractivity contribution in [2.45, 2.75) is 17.5 Å². The third-order valence-electron chi connectivity index (χ3n) is 2.98. The number of rotatable bonds is 7. The van der Waals surface area contributed by atoms with Crippen molar-refractivity contribution in [1.82, 2.24) is 0 Å². The van der Waals surface area contributed by atoms with Crippen molar-refractivity contribution in [3.8, 4) is 5.75 Å². The summed E-state index contributed by atoms with van der Waals surface area (Å²) in [6.45, 7) is -1.44. The molecular weight excluding hydrogens is 358 g/mol. The number of thioether (sulfide) groups is 1. The Bertz CT molecular complexity index is 722. The van der Waals surface area contributed by atoms with Gasteiger partial charge in [0.05, 0.1) is 5.69 Å². The first-order valence-corrected chi connectivity index (χ1v) is 8.29. The highest BCUT2D eigenvalue weighted by atomic mass is 32.2. The maximum atomic E-state index is 13.5. The van der Waals surface area contributed by atoms with Gasteiger partial charge in [-0.25, -0.2) is 4.39 Å². The molecule has 2 aromatic rings. The van der Waals surface area contributed by atoms with Crippen molar-refractivity contribution in [3.63, 3.8) is 0 Å². The van der Waals surface area contributed by atoms with Crippen LogP contribution in [0.5, 0.6) is 5.75 Å². The zero-order chi connectivity index (χ0) is 18.3. The summed E-state index contributed by atoms with van der Waals surface area (Å²) in [4.78, 5) is 12.4. The standard InChI is InChI=1S/C17H15F4NO2S/c18-12-5-1-4-8-15(12)25-10-9-16(23)22-13-6-2-3-7-14(13)24-11-17(19,20)21/h1-8H,9-11H2,(H,22,23). The highest BCUT2D eigenvalue weighted by Crippen LogP contribution is 2.27. The lowest BCUT2D eigenvalue weighted by atomic mass is 10.3. The molecule has 1 N–H and O–H groups in total. The largest absolute Gasteiger partial charge is 0.482 e. The molecule has 0 aliphatic rings. The van der Waals surface area contributed by atoms with Gasteiger partial charge < -0.3 is 10.1 Å². The summed E-state index contributed by atoms with van der Waals surface area (Å²) in [7, 11) is 0. The van der Waals surface area contributed by atoms with Gasteiger partial charge in [0.1, 0.15) is 11.6 Å². The topological polar surface area (TPSA) is 38.3 Å². The summed E-state index contributed by atoms with van der Waals surface area (Å²) in [6.07, 6.45) is -4.39. The number of alkyl halides is 3. The zero-order valence-corrected chi connectivity index (χ0v) is 13.8. The first-order chi connectivity index (χ1) is 11.8. The van der Waals surface area contributed by atoms with Crippen LogP contribution in [0.2, 0.25) is 0 Å². The van der Waals surface area contributed by atoms with Gasteiger partial charge in [-0.05, 0) is 24.3 Å². The summed E-state index contributed by atoms with van der Waals surface area (Å²) in [5.74, 6) is -0.487. The van der Waals surface area contributed by atoms with Crippen molar-refractivity contribution in [3.05, 3.63) is 54.3 Å². The lowest BCUT2D eigenvalue weighted by molar-refractivity contribution is -0.153.